The maximum Gasteiger partial charge on any atom is 0.514 e. The van der Waals surface area contributed by atoms with Gasteiger partial charge in [-0.2, -0.15) is 0 Å². The van der Waals surface area contributed by atoms with Crippen molar-refractivity contribution in [2.45, 2.75) is 51.9 Å². The monoisotopic (exact) mass is 276 g/mol. The molecule has 1 saturated heterocycles. The van der Waals surface area contributed by atoms with E-state index in [4.69, 9.17) is 9.31 Å². The van der Waals surface area contributed by atoms with Crippen LogP contribution in [0.15, 0.2) is 33.7 Å². The Balaban J connectivity index is 1.91. The van der Waals surface area contributed by atoms with E-state index < -0.39 is 18.3 Å². The van der Waals surface area contributed by atoms with Crippen LogP contribution in [0.3, 0.4) is 0 Å². The summed E-state index contributed by atoms with van der Waals surface area (Å²) in [7, 11) is -0.637. The van der Waals surface area contributed by atoms with Crippen LogP contribution in [0, 0.1) is 0 Å². The summed E-state index contributed by atoms with van der Waals surface area (Å²) >= 11 is 0. The van der Waals surface area contributed by atoms with Crippen LogP contribution >= 0.6 is 0 Å². The van der Waals surface area contributed by atoms with Crippen molar-refractivity contribution in [1.82, 2.24) is 0 Å². The molecule has 6 heteroatoms. The van der Waals surface area contributed by atoms with Crippen LogP contribution in [0.4, 0.5) is 4.39 Å². The molecule has 4 nitrogen and oxygen atoms in total. The smallest absolute Gasteiger partial charge is 0.398 e. The van der Waals surface area contributed by atoms with Crippen molar-refractivity contribution in [3.8, 4) is 0 Å². The number of aliphatic imine (C=N–C) groups is 2. The summed E-state index contributed by atoms with van der Waals surface area (Å²) in [5, 5.41) is 0. The van der Waals surface area contributed by atoms with E-state index in [1.807, 2.05) is 40.7 Å². The highest BCUT2D eigenvalue weighted by Crippen LogP contribution is 2.38. The van der Waals surface area contributed by atoms with Crippen LogP contribution in [0.2, 0.25) is 0 Å². The molecule has 20 heavy (non-hydrogen) atoms. The van der Waals surface area contributed by atoms with Crippen LogP contribution in [0.25, 0.3) is 0 Å². The van der Waals surface area contributed by atoms with E-state index in [2.05, 4.69) is 9.98 Å². The topological polar surface area (TPSA) is 43.2 Å². The Morgan fingerprint density at radius 3 is 2.40 bits per heavy atom. The number of nitrogens with zero attached hydrogens (tertiary/aromatic N) is 2. The number of rotatable bonds is 1. The first-order valence-corrected chi connectivity index (χ1v) is 6.77. The molecule has 0 aromatic carbocycles. The molecule has 0 spiro atoms. The number of hydrogen-bond acceptors (Lipinski definition) is 4. The molecule has 0 aromatic rings. The Bertz CT molecular complexity index is 574. The van der Waals surface area contributed by atoms with Crippen molar-refractivity contribution in [3.63, 3.8) is 0 Å². The molecule has 0 aliphatic carbocycles. The zero-order valence-electron chi connectivity index (χ0n) is 12.4. The van der Waals surface area contributed by atoms with Gasteiger partial charge in [0.15, 0.2) is 0 Å². The van der Waals surface area contributed by atoms with Gasteiger partial charge in [0, 0.05) is 5.70 Å². The molecule has 1 atom stereocenters. The predicted molar refractivity (Wildman–Crippen MR) is 77.7 cm³/mol. The van der Waals surface area contributed by atoms with Crippen LogP contribution in [0.1, 0.15) is 34.6 Å². The minimum atomic E-state index is -0.637. The molecular formula is C14H18BFN2O2. The summed E-state index contributed by atoms with van der Waals surface area (Å²) in [6.07, 6.45) is 3.21. The normalized spacial score (nSPS) is 30.5. The van der Waals surface area contributed by atoms with Gasteiger partial charge in [-0.1, -0.05) is 0 Å². The molecule has 3 heterocycles. The van der Waals surface area contributed by atoms with E-state index in [0.29, 0.717) is 11.3 Å². The fourth-order valence-corrected chi connectivity index (χ4v) is 2.39. The van der Waals surface area contributed by atoms with Crippen molar-refractivity contribution in [1.29, 1.82) is 0 Å². The molecule has 3 aliphatic rings. The number of halogens is 1. The summed E-state index contributed by atoms with van der Waals surface area (Å²) in [6.45, 7) is 9.68. The van der Waals surface area contributed by atoms with Crippen molar-refractivity contribution >= 4 is 18.4 Å². The quantitative estimate of drug-likeness (QED) is 0.691. The van der Waals surface area contributed by atoms with E-state index >= 15 is 0 Å². The van der Waals surface area contributed by atoms with Gasteiger partial charge >= 0.3 is 7.12 Å². The van der Waals surface area contributed by atoms with Gasteiger partial charge in [0.1, 0.15) is 17.6 Å². The molecule has 0 bridgehead atoms. The third-order valence-corrected chi connectivity index (χ3v) is 4.28. The van der Waals surface area contributed by atoms with Gasteiger partial charge in [0.2, 0.25) is 0 Å². The van der Waals surface area contributed by atoms with E-state index in [1.54, 1.807) is 0 Å². The van der Waals surface area contributed by atoms with Gasteiger partial charge in [-0.3, -0.25) is 9.98 Å². The largest absolute Gasteiger partial charge is 0.514 e. The Morgan fingerprint density at radius 1 is 1.20 bits per heavy atom. The lowest BCUT2D eigenvalue weighted by Gasteiger charge is -2.32. The molecule has 3 aliphatic heterocycles. The van der Waals surface area contributed by atoms with Crippen molar-refractivity contribution in [2.24, 2.45) is 9.98 Å². The van der Waals surface area contributed by atoms with Crippen molar-refractivity contribution < 1.29 is 13.7 Å². The van der Waals surface area contributed by atoms with Crippen LogP contribution in [0.5, 0.6) is 0 Å². The third kappa shape index (κ3) is 1.98. The zero-order valence-corrected chi connectivity index (χ0v) is 12.4. The van der Waals surface area contributed by atoms with Gasteiger partial charge in [-0.15, -0.1) is 0 Å². The van der Waals surface area contributed by atoms with Gasteiger partial charge in [-0.25, -0.2) is 4.39 Å². The second kappa shape index (κ2) is 4.12. The lowest BCUT2D eigenvalue weighted by molar-refractivity contribution is 0.00578. The van der Waals surface area contributed by atoms with E-state index in [0.717, 1.165) is 5.70 Å². The van der Waals surface area contributed by atoms with E-state index in [-0.39, 0.29) is 11.9 Å². The Hall–Kier alpha value is -1.27. The maximum absolute atomic E-state index is 14.1. The minimum absolute atomic E-state index is 0.353. The molecule has 106 valence electrons. The Morgan fingerprint density at radius 2 is 1.80 bits per heavy atom. The minimum Gasteiger partial charge on any atom is -0.398 e. The third-order valence-electron chi connectivity index (χ3n) is 4.28. The van der Waals surface area contributed by atoms with Crippen molar-refractivity contribution in [3.05, 3.63) is 23.7 Å². The van der Waals surface area contributed by atoms with Gasteiger partial charge in [0.25, 0.3) is 0 Å². The molecule has 0 amide bonds. The molecule has 0 aromatic heterocycles. The standard InChI is InChI=1S/C14H18BFN2O2/c1-8-6-10-12(17-8)9(16)7-11(18-10)15-19-13(2,3)14(4,5)20-15/h6-7,10H,1-5H3. The number of fused-ring (bicyclic) bond motifs is 1. The first-order valence-electron chi connectivity index (χ1n) is 6.77. The fraction of sp³-hybridized carbons (Fsp3) is 0.571. The number of hydrogen-bond donors (Lipinski definition) is 0. The SMILES string of the molecule is CC1=CC2N=C(B3OC(C)(C)C(C)(C)O3)C=C(F)C2=N1. The second-order valence-electron chi connectivity index (χ2n) is 6.38. The van der Waals surface area contributed by atoms with Crippen LogP contribution in [-0.2, 0) is 9.31 Å². The molecular weight excluding hydrogens is 258 g/mol. The Kier molecular flexibility index (Phi) is 2.82. The maximum atomic E-state index is 14.1. The van der Waals surface area contributed by atoms with E-state index in [1.165, 1.54) is 6.08 Å². The lowest BCUT2D eigenvalue weighted by atomic mass is 9.79. The highest BCUT2D eigenvalue weighted by Gasteiger charge is 2.53. The predicted octanol–water partition coefficient (Wildman–Crippen LogP) is 2.65. The van der Waals surface area contributed by atoms with Crippen LogP contribution < -0.4 is 0 Å². The highest BCUT2D eigenvalue weighted by molar-refractivity contribution is 6.85. The summed E-state index contributed by atoms with van der Waals surface area (Å²) < 4.78 is 25.9. The zero-order chi connectivity index (χ0) is 14.7. The molecule has 0 N–H and O–H groups in total. The fourth-order valence-electron chi connectivity index (χ4n) is 2.39. The molecule has 1 fully saturated rings. The average molecular weight is 276 g/mol. The summed E-state index contributed by atoms with van der Waals surface area (Å²) in [5.74, 6) is -0.359. The van der Waals surface area contributed by atoms with Gasteiger partial charge < -0.3 is 9.31 Å². The highest BCUT2D eigenvalue weighted by atomic mass is 19.1. The van der Waals surface area contributed by atoms with Gasteiger partial charge in [-0.05, 0) is 46.8 Å². The van der Waals surface area contributed by atoms with E-state index in [9.17, 15) is 4.39 Å². The molecule has 0 radical (unpaired) electrons. The van der Waals surface area contributed by atoms with Crippen molar-refractivity contribution in [2.75, 3.05) is 0 Å². The molecule has 1 unspecified atom stereocenters. The lowest BCUT2D eigenvalue weighted by Crippen LogP contribution is -2.41. The average Bonchev–Trinajstić information content (AvgIpc) is 2.77. The summed E-state index contributed by atoms with van der Waals surface area (Å²) in [4.78, 5) is 8.66. The number of dihydropyridines is 1. The molecule has 3 rings (SSSR count). The number of allylic oxidation sites excluding steroid dienone is 2. The van der Waals surface area contributed by atoms with Crippen LogP contribution in [-0.4, -0.2) is 35.7 Å². The molecule has 0 saturated carbocycles. The van der Waals surface area contributed by atoms with Gasteiger partial charge in [0.05, 0.1) is 16.8 Å². The first-order chi connectivity index (χ1) is 9.19. The first kappa shape index (κ1) is 13.7. The summed E-state index contributed by atoms with van der Waals surface area (Å²) in [5.41, 5.74) is 0.729. The second-order valence-corrected chi connectivity index (χ2v) is 6.38. The Labute approximate surface area is 118 Å². The summed E-state index contributed by atoms with van der Waals surface area (Å²) in [6, 6.07) is -0.353.